The SMILES string of the molecule is NC(=O)CCc1ccccc1. The van der Waals surface area contributed by atoms with Gasteiger partial charge in [0.25, 0.3) is 0 Å². The summed E-state index contributed by atoms with van der Waals surface area (Å²) in [6.45, 7) is 0. The number of primary amides is 1. The van der Waals surface area contributed by atoms with Gasteiger partial charge in [-0.3, -0.25) is 4.79 Å². The first-order valence-corrected chi connectivity index (χ1v) is 3.61. The summed E-state index contributed by atoms with van der Waals surface area (Å²) in [6.07, 6.45) is 1.18. The highest BCUT2D eigenvalue weighted by atomic mass is 16.1. The van der Waals surface area contributed by atoms with Crippen LogP contribution in [0.4, 0.5) is 0 Å². The number of rotatable bonds is 3. The normalized spacial score (nSPS) is 9.45. The van der Waals surface area contributed by atoms with Gasteiger partial charge >= 0.3 is 0 Å². The number of benzene rings is 1. The number of carbonyl (C=O) groups excluding carboxylic acids is 1. The van der Waals surface area contributed by atoms with E-state index in [1.54, 1.807) is 0 Å². The van der Waals surface area contributed by atoms with Crippen LogP contribution in [0.25, 0.3) is 0 Å². The number of aryl methyl sites for hydroxylation is 1. The van der Waals surface area contributed by atoms with Gasteiger partial charge < -0.3 is 5.73 Å². The Hall–Kier alpha value is -1.31. The van der Waals surface area contributed by atoms with E-state index in [0.717, 1.165) is 12.0 Å². The van der Waals surface area contributed by atoms with Crippen molar-refractivity contribution >= 4 is 5.91 Å². The monoisotopic (exact) mass is 149 g/mol. The molecule has 2 nitrogen and oxygen atoms in total. The molecule has 1 amide bonds. The Morgan fingerprint density at radius 1 is 1.27 bits per heavy atom. The largest absolute Gasteiger partial charge is 0.370 e. The Labute approximate surface area is 66.0 Å². The summed E-state index contributed by atoms with van der Waals surface area (Å²) >= 11 is 0. The summed E-state index contributed by atoms with van der Waals surface area (Å²) in [4.78, 5) is 10.4. The maximum atomic E-state index is 10.4. The van der Waals surface area contributed by atoms with E-state index in [4.69, 9.17) is 5.73 Å². The summed E-state index contributed by atoms with van der Waals surface area (Å²) in [7, 11) is 0. The van der Waals surface area contributed by atoms with Crippen molar-refractivity contribution in [3.8, 4) is 0 Å². The highest BCUT2D eigenvalue weighted by molar-refractivity contribution is 5.73. The lowest BCUT2D eigenvalue weighted by Crippen LogP contribution is -2.10. The Morgan fingerprint density at radius 2 is 1.91 bits per heavy atom. The molecular formula is C9H11NO. The second-order valence-electron chi connectivity index (χ2n) is 2.45. The molecule has 1 aromatic rings. The molecule has 0 saturated heterocycles. The van der Waals surface area contributed by atoms with Crippen molar-refractivity contribution < 1.29 is 4.79 Å². The van der Waals surface area contributed by atoms with Crippen LogP contribution >= 0.6 is 0 Å². The van der Waals surface area contributed by atoms with Crippen LogP contribution in [0.3, 0.4) is 0 Å². The van der Waals surface area contributed by atoms with E-state index in [-0.39, 0.29) is 5.91 Å². The third-order valence-corrected chi connectivity index (χ3v) is 1.50. The van der Waals surface area contributed by atoms with Crippen molar-refractivity contribution in [2.45, 2.75) is 12.8 Å². The fourth-order valence-electron chi connectivity index (χ4n) is 0.912. The molecule has 0 aliphatic heterocycles. The smallest absolute Gasteiger partial charge is 0.217 e. The first kappa shape index (κ1) is 7.79. The molecule has 0 bridgehead atoms. The predicted octanol–water partition coefficient (Wildman–Crippen LogP) is 1.10. The fourth-order valence-corrected chi connectivity index (χ4v) is 0.912. The van der Waals surface area contributed by atoms with E-state index in [9.17, 15) is 4.79 Å². The van der Waals surface area contributed by atoms with Gasteiger partial charge in [0.05, 0.1) is 0 Å². The standard InChI is InChI=1S/C9H11NO/c10-9(11)7-6-8-4-2-1-3-5-8/h1-5H,6-7H2,(H2,10,11). The van der Waals surface area contributed by atoms with E-state index in [0.29, 0.717) is 6.42 Å². The van der Waals surface area contributed by atoms with Crippen LogP contribution < -0.4 is 5.73 Å². The second kappa shape index (κ2) is 3.76. The third kappa shape index (κ3) is 2.85. The summed E-state index contributed by atoms with van der Waals surface area (Å²) < 4.78 is 0. The van der Waals surface area contributed by atoms with Gasteiger partial charge in [-0.05, 0) is 12.0 Å². The van der Waals surface area contributed by atoms with Gasteiger partial charge in [0.15, 0.2) is 0 Å². The molecule has 0 radical (unpaired) electrons. The molecule has 0 saturated carbocycles. The minimum Gasteiger partial charge on any atom is -0.370 e. The Kier molecular flexibility index (Phi) is 2.66. The number of carbonyl (C=O) groups is 1. The maximum Gasteiger partial charge on any atom is 0.217 e. The molecule has 0 spiro atoms. The van der Waals surface area contributed by atoms with E-state index in [1.807, 2.05) is 30.3 Å². The van der Waals surface area contributed by atoms with Gasteiger partial charge in [-0.25, -0.2) is 0 Å². The van der Waals surface area contributed by atoms with Gasteiger partial charge in [-0.1, -0.05) is 30.3 Å². The fraction of sp³-hybridized carbons (Fsp3) is 0.222. The number of amides is 1. The molecule has 2 N–H and O–H groups in total. The van der Waals surface area contributed by atoms with Gasteiger partial charge in [0.1, 0.15) is 0 Å². The second-order valence-corrected chi connectivity index (χ2v) is 2.45. The Morgan fingerprint density at radius 3 is 2.45 bits per heavy atom. The molecule has 0 fully saturated rings. The zero-order valence-electron chi connectivity index (χ0n) is 6.29. The topological polar surface area (TPSA) is 43.1 Å². The first-order valence-electron chi connectivity index (χ1n) is 3.61. The van der Waals surface area contributed by atoms with Crippen LogP contribution in [0.5, 0.6) is 0 Å². The van der Waals surface area contributed by atoms with E-state index >= 15 is 0 Å². The number of hydrogen-bond acceptors (Lipinski definition) is 1. The van der Waals surface area contributed by atoms with E-state index < -0.39 is 0 Å². The summed E-state index contributed by atoms with van der Waals surface area (Å²) in [6, 6.07) is 9.84. The Bertz CT molecular complexity index is 231. The molecule has 11 heavy (non-hydrogen) atoms. The minimum absolute atomic E-state index is 0.242. The molecule has 0 heterocycles. The van der Waals surface area contributed by atoms with Gasteiger partial charge in [-0.2, -0.15) is 0 Å². The van der Waals surface area contributed by atoms with Crippen molar-refractivity contribution in [1.82, 2.24) is 0 Å². The molecule has 0 aliphatic carbocycles. The zero-order valence-corrected chi connectivity index (χ0v) is 6.29. The lowest BCUT2D eigenvalue weighted by Gasteiger charge is -1.96. The lowest BCUT2D eigenvalue weighted by molar-refractivity contribution is -0.117. The molecule has 0 unspecified atom stereocenters. The van der Waals surface area contributed by atoms with Crippen molar-refractivity contribution in [2.75, 3.05) is 0 Å². The summed E-state index contributed by atoms with van der Waals surface area (Å²) in [5, 5.41) is 0. The van der Waals surface area contributed by atoms with Gasteiger partial charge in [0.2, 0.25) is 5.91 Å². The van der Waals surface area contributed by atoms with Crippen LogP contribution in [0.15, 0.2) is 30.3 Å². The number of hydrogen-bond donors (Lipinski definition) is 1. The summed E-state index contributed by atoms with van der Waals surface area (Å²) in [5.41, 5.74) is 6.16. The van der Waals surface area contributed by atoms with Crippen LogP contribution in [-0.4, -0.2) is 5.91 Å². The van der Waals surface area contributed by atoms with E-state index in [1.165, 1.54) is 0 Å². The van der Waals surface area contributed by atoms with Crippen LogP contribution in [0, 0.1) is 0 Å². The highest BCUT2D eigenvalue weighted by Gasteiger charge is 1.94. The molecule has 1 rings (SSSR count). The average Bonchev–Trinajstić information content (AvgIpc) is 2.03. The van der Waals surface area contributed by atoms with Crippen LogP contribution in [0.1, 0.15) is 12.0 Å². The Balaban J connectivity index is 2.45. The first-order chi connectivity index (χ1) is 5.29. The maximum absolute atomic E-state index is 10.4. The third-order valence-electron chi connectivity index (χ3n) is 1.50. The minimum atomic E-state index is -0.242. The van der Waals surface area contributed by atoms with Crippen LogP contribution in [0.2, 0.25) is 0 Å². The molecule has 2 heteroatoms. The lowest BCUT2D eigenvalue weighted by atomic mass is 10.1. The summed E-state index contributed by atoms with van der Waals surface area (Å²) in [5.74, 6) is -0.242. The molecule has 1 aromatic carbocycles. The molecule has 58 valence electrons. The van der Waals surface area contributed by atoms with Crippen molar-refractivity contribution in [2.24, 2.45) is 5.73 Å². The molecular weight excluding hydrogens is 138 g/mol. The van der Waals surface area contributed by atoms with E-state index in [2.05, 4.69) is 0 Å². The number of nitrogens with two attached hydrogens (primary N) is 1. The quantitative estimate of drug-likeness (QED) is 0.687. The van der Waals surface area contributed by atoms with Gasteiger partial charge in [0, 0.05) is 6.42 Å². The highest BCUT2D eigenvalue weighted by Crippen LogP contribution is 2.00. The zero-order chi connectivity index (χ0) is 8.10. The van der Waals surface area contributed by atoms with Crippen molar-refractivity contribution in [1.29, 1.82) is 0 Å². The molecule has 0 aromatic heterocycles. The average molecular weight is 149 g/mol. The van der Waals surface area contributed by atoms with Crippen LogP contribution in [-0.2, 0) is 11.2 Å². The predicted molar refractivity (Wildman–Crippen MR) is 44.0 cm³/mol. The van der Waals surface area contributed by atoms with Crippen molar-refractivity contribution in [3.05, 3.63) is 35.9 Å². The molecule has 0 atom stereocenters. The van der Waals surface area contributed by atoms with Crippen molar-refractivity contribution in [3.63, 3.8) is 0 Å². The van der Waals surface area contributed by atoms with Gasteiger partial charge in [-0.15, -0.1) is 0 Å². The molecule has 0 aliphatic rings.